The predicted octanol–water partition coefficient (Wildman–Crippen LogP) is 4.46. The minimum atomic E-state index is 0.198. The van der Waals surface area contributed by atoms with Crippen molar-refractivity contribution in [2.75, 3.05) is 0 Å². The van der Waals surface area contributed by atoms with Crippen LogP contribution in [-0.2, 0) is 13.0 Å². The molecule has 1 aliphatic carbocycles. The summed E-state index contributed by atoms with van der Waals surface area (Å²) in [7, 11) is 0. The van der Waals surface area contributed by atoms with Gasteiger partial charge in [-0.25, -0.2) is 0 Å². The number of rotatable bonds is 3. The molecule has 1 aromatic carbocycles. The lowest BCUT2D eigenvalue weighted by molar-refractivity contribution is 0.268. The molecule has 0 saturated heterocycles. The first-order valence-electron chi connectivity index (χ1n) is 7.38. The van der Waals surface area contributed by atoms with Gasteiger partial charge < -0.3 is 5.32 Å². The van der Waals surface area contributed by atoms with Crippen LogP contribution in [0.2, 0.25) is 5.02 Å². The quantitative estimate of drug-likeness (QED) is 0.905. The third kappa shape index (κ3) is 2.83. The van der Waals surface area contributed by atoms with E-state index in [0.29, 0.717) is 6.04 Å². The molecule has 3 rings (SSSR count). The van der Waals surface area contributed by atoms with E-state index in [2.05, 4.69) is 49.3 Å². The zero-order chi connectivity index (χ0) is 15.0. The van der Waals surface area contributed by atoms with E-state index in [4.69, 9.17) is 11.6 Å². The van der Waals surface area contributed by atoms with Crippen molar-refractivity contribution in [3.8, 4) is 0 Å². The van der Waals surface area contributed by atoms with Gasteiger partial charge in [0.25, 0.3) is 0 Å². The Morgan fingerprint density at radius 2 is 2.14 bits per heavy atom. The number of hydrogen-bond donors (Lipinski definition) is 1. The molecule has 1 aliphatic rings. The van der Waals surface area contributed by atoms with Crippen molar-refractivity contribution in [3.05, 3.63) is 63.9 Å². The van der Waals surface area contributed by atoms with Crippen LogP contribution in [0.1, 0.15) is 42.1 Å². The number of aromatic nitrogens is 1. The summed E-state index contributed by atoms with van der Waals surface area (Å²) in [5.41, 5.74) is 5.48. The zero-order valence-electron chi connectivity index (χ0n) is 12.8. The number of benzene rings is 1. The lowest BCUT2D eigenvalue weighted by atomic mass is 9.85. The Kier molecular flexibility index (Phi) is 3.76. The minimum absolute atomic E-state index is 0.198. The van der Waals surface area contributed by atoms with Crippen molar-refractivity contribution in [1.82, 2.24) is 10.3 Å². The molecule has 0 fully saturated rings. The molecule has 0 radical (unpaired) electrons. The largest absolute Gasteiger partial charge is 0.305 e. The molecular formula is C18H21ClN2. The molecule has 2 nitrogen and oxygen atoms in total. The van der Waals surface area contributed by atoms with Crippen LogP contribution in [0.5, 0.6) is 0 Å². The molecule has 0 aliphatic heterocycles. The summed E-state index contributed by atoms with van der Waals surface area (Å²) >= 11 is 6.19. The smallest absolute Gasteiger partial charge is 0.0409 e. The molecule has 0 bridgehead atoms. The fourth-order valence-electron chi connectivity index (χ4n) is 3.29. The normalized spacial score (nSPS) is 19.5. The Balaban J connectivity index is 1.85. The van der Waals surface area contributed by atoms with E-state index >= 15 is 0 Å². The third-order valence-electron chi connectivity index (χ3n) is 4.49. The first-order chi connectivity index (χ1) is 9.97. The molecule has 2 aromatic rings. The van der Waals surface area contributed by atoms with Crippen LogP contribution in [-0.4, -0.2) is 4.98 Å². The molecule has 21 heavy (non-hydrogen) atoms. The first kappa shape index (κ1) is 14.6. The van der Waals surface area contributed by atoms with E-state index in [1.807, 2.05) is 18.5 Å². The molecule has 1 N–H and O–H groups in total. The Hall–Kier alpha value is -1.38. The van der Waals surface area contributed by atoms with Crippen LogP contribution in [0.25, 0.3) is 0 Å². The van der Waals surface area contributed by atoms with Crippen molar-refractivity contribution in [2.24, 2.45) is 5.41 Å². The molecule has 1 atom stereocenters. The standard InChI is InChI=1S/C18H21ClN2/c1-12-6-7-20-10-14(12)11-21-17-16-8-15(19)5-4-13(16)9-18(17,2)3/h4-8,10,17,21H,9,11H2,1-3H3. The van der Waals surface area contributed by atoms with Crippen molar-refractivity contribution in [1.29, 1.82) is 0 Å². The fraction of sp³-hybridized carbons (Fsp3) is 0.389. The Bertz CT molecular complexity index is 664. The van der Waals surface area contributed by atoms with E-state index in [-0.39, 0.29) is 5.41 Å². The number of aryl methyl sites for hydroxylation is 1. The number of nitrogens with zero attached hydrogens (tertiary/aromatic N) is 1. The second kappa shape index (κ2) is 5.43. The van der Waals surface area contributed by atoms with Gasteiger partial charge in [-0.15, -0.1) is 0 Å². The van der Waals surface area contributed by atoms with Crippen molar-refractivity contribution in [3.63, 3.8) is 0 Å². The van der Waals surface area contributed by atoms with Crippen molar-refractivity contribution >= 4 is 11.6 Å². The zero-order valence-corrected chi connectivity index (χ0v) is 13.5. The molecule has 1 heterocycles. The molecule has 0 saturated carbocycles. The van der Waals surface area contributed by atoms with Crippen LogP contribution < -0.4 is 5.32 Å². The van der Waals surface area contributed by atoms with Gasteiger partial charge >= 0.3 is 0 Å². The summed E-state index contributed by atoms with van der Waals surface area (Å²) in [5, 5.41) is 4.53. The maximum Gasteiger partial charge on any atom is 0.0409 e. The lowest BCUT2D eigenvalue weighted by Gasteiger charge is -2.29. The second-order valence-corrected chi connectivity index (χ2v) is 7.06. The first-order valence-corrected chi connectivity index (χ1v) is 7.76. The van der Waals surface area contributed by atoms with Gasteiger partial charge in [0.15, 0.2) is 0 Å². The van der Waals surface area contributed by atoms with Gasteiger partial charge in [-0.05, 0) is 59.2 Å². The van der Waals surface area contributed by atoms with Crippen molar-refractivity contribution in [2.45, 2.75) is 39.8 Å². The van der Waals surface area contributed by atoms with E-state index in [1.54, 1.807) is 0 Å². The summed E-state index contributed by atoms with van der Waals surface area (Å²) in [4.78, 5) is 4.22. The Labute approximate surface area is 131 Å². The van der Waals surface area contributed by atoms with Gasteiger partial charge in [0.05, 0.1) is 0 Å². The monoisotopic (exact) mass is 300 g/mol. The molecule has 1 aromatic heterocycles. The van der Waals surface area contributed by atoms with Crippen LogP contribution in [0.15, 0.2) is 36.7 Å². The van der Waals surface area contributed by atoms with E-state index in [0.717, 1.165) is 18.0 Å². The van der Waals surface area contributed by atoms with Crippen LogP contribution in [0.4, 0.5) is 0 Å². The van der Waals surface area contributed by atoms with E-state index in [1.165, 1.54) is 22.3 Å². The Morgan fingerprint density at radius 3 is 2.90 bits per heavy atom. The van der Waals surface area contributed by atoms with Crippen LogP contribution in [0.3, 0.4) is 0 Å². The molecule has 0 spiro atoms. The number of pyridine rings is 1. The number of halogens is 1. The van der Waals surface area contributed by atoms with Crippen molar-refractivity contribution < 1.29 is 0 Å². The van der Waals surface area contributed by atoms with Gasteiger partial charge in [-0.2, -0.15) is 0 Å². The predicted molar refractivity (Wildman–Crippen MR) is 87.5 cm³/mol. The number of fused-ring (bicyclic) bond motifs is 1. The molecule has 1 unspecified atom stereocenters. The highest BCUT2D eigenvalue weighted by Crippen LogP contribution is 2.46. The summed E-state index contributed by atoms with van der Waals surface area (Å²) in [6, 6.07) is 8.65. The lowest BCUT2D eigenvalue weighted by Crippen LogP contribution is -2.31. The second-order valence-electron chi connectivity index (χ2n) is 6.62. The maximum absolute atomic E-state index is 6.19. The Morgan fingerprint density at radius 1 is 1.33 bits per heavy atom. The van der Waals surface area contributed by atoms with Gasteiger partial charge in [0, 0.05) is 30.0 Å². The van der Waals surface area contributed by atoms with Gasteiger partial charge in [-0.3, -0.25) is 4.98 Å². The summed E-state index contributed by atoms with van der Waals surface area (Å²) in [5.74, 6) is 0. The van der Waals surface area contributed by atoms with Gasteiger partial charge in [-0.1, -0.05) is 31.5 Å². The highest BCUT2D eigenvalue weighted by molar-refractivity contribution is 6.30. The SMILES string of the molecule is Cc1ccncc1CNC1c2cc(Cl)ccc2CC1(C)C. The fourth-order valence-corrected chi connectivity index (χ4v) is 3.47. The van der Waals surface area contributed by atoms with Gasteiger partial charge in [0.1, 0.15) is 0 Å². The van der Waals surface area contributed by atoms with E-state index < -0.39 is 0 Å². The number of nitrogens with one attached hydrogen (secondary N) is 1. The third-order valence-corrected chi connectivity index (χ3v) is 4.73. The van der Waals surface area contributed by atoms with E-state index in [9.17, 15) is 0 Å². The average Bonchev–Trinajstić information content (AvgIpc) is 2.68. The molecular weight excluding hydrogens is 280 g/mol. The summed E-state index contributed by atoms with van der Waals surface area (Å²) < 4.78 is 0. The number of hydrogen-bond acceptors (Lipinski definition) is 2. The summed E-state index contributed by atoms with van der Waals surface area (Å²) in [6.07, 6.45) is 4.87. The highest BCUT2D eigenvalue weighted by atomic mass is 35.5. The summed E-state index contributed by atoms with van der Waals surface area (Å²) in [6.45, 7) is 7.59. The molecule has 3 heteroatoms. The molecule has 0 amide bonds. The van der Waals surface area contributed by atoms with Gasteiger partial charge in [0.2, 0.25) is 0 Å². The highest BCUT2D eigenvalue weighted by Gasteiger charge is 2.38. The molecule has 110 valence electrons. The topological polar surface area (TPSA) is 24.9 Å². The van der Waals surface area contributed by atoms with Crippen LogP contribution in [0, 0.1) is 12.3 Å². The maximum atomic E-state index is 6.19. The van der Waals surface area contributed by atoms with Crippen LogP contribution >= 0.6 is 11.6 Å². The minimum Gasteiger partial charge on any atom is -0.305 e. The average molecular weight is 301 g/mol.